The molecule has 0 aromatic heterocycles. The van der Waals surface area contributed by atoms with Gasteiger partial charge in [0.2, 0.25) is 0 Å². The molecule has 0 spiro atoms. The maximum Gasteiger partial charge on any atom is 0.121 e. The third kappa shape index (κ3) is 2.99. The van der Waals surface area contributed by atoms with Gasteiger partial charge in [-0.05, 0) is 55.0 Å². The molecule has 2 nitrogen and oxygen atoms in total. The van der Waals surface area contributed by atoms with Crippen molar-refractivity contribution >= 4 is 11.6 Å². The van der Waals surface area contributed by atoms with E-state index in [1.54, 1.807) is 0 Å². The largest absolute Gasteiger partial charge is 0.490 e. The van der Waals surface area contributed by atoms with Crippen LogP contribution in [0.3, 0.4) is 0 Å². The summed E-state index contributed by atoms with van der Waals surface area (Å²) in [5, 5.41) is 4.38. The SMILES string of the molecule is Clc1cc(O[C@@H]2C[C@H]3CC[C@@H](C2)N3)cc(-c2ccccc2)c1. The second-order valence-corrected chi connectivity index (χ2v) is 6.83. The average Bonchev–Trinajstić information content (AvgIpc) is 2.86. The standard InChI is InChI=1S/C19H20ClNO/c20-15-8-14(13-4-2-1-3-5-13)9-18(10-15)22-19-11-16-6-7-17(12-19)21-16/h1-5,8-10,16-17,19,21H,6-7,11-12H2/t16-,17+,19-. The van der Waals surface area contributed by atoms with Gasteiger partial charge < -0.3 is 10.1 Å². The van der Waals surface area contributed by atoms with Gasteiger partial charge in [-0.1, -0.05) is 41.9 Å². The zero-order valence-corrected chi connectivity index (χ0v) is 13.2. The molecule has 114 valence electrons. The first-order valence-corrected chi connectivity index (χ1v) is 8.43. The molecule has 0 radical (unpaired) electrons. The molecule has 3 atom stereocenters. The molecule has 22 heavy (non-hydrogen) atoms. The van der Waals surface area contributed by atoms with Crippen LogP contribution in [0.4, 0.5) is 0 Å². The zero-order valence-electron chi connectivity index (χ0n) is 12.5. The van der Waals surface area contributed by atoms with E-state index in [9.17, 15) is 0 Å². The molecule has 2 aliphatic heterocycles. The van der Waals surface area contributed by atoms with Crippen molar-refractivity contribution in [1.82, 2.24) is 5.32 Å². The van der Waals surface area contributed by atoms with Gasteiger partial charge in [-0.3, -0.25) is 0 Å². The van der Waals surface area contributed by atoms with Crippen LogP contribution in [0.5, 0.6) is 5.75 Å². The second-order valence-electron chi connectivity index (χ2n) is 6.39. The van der Waals surface area contributed by atoms with Crippen molar-refractivity contribution in [3.8, 4) is 16.9 Å². The molecule has 2 aliphatic rings. The minimum Gasteiger partial charge on any atom is -0.490 e. The fraction of sp³-hybridized carbons (Fsp3) is 0.368. The van der Waals surface area contributed by atoms with Crippen LogP contribution < -0.4 is 10.1 Å². The first-order valence-electron chi connectivity index (χ1n) is 8.05. The highest BCUT2D eigenvalue weighted by molar-refractivity contribution is 6.31. The molecule has 2 aromatic carbocycles. The lowest BCUT2D eigenvalue weighted by Gasteiger charge is -2.29. The van der Waals surface area contributed by atoms with Gasteiger partial charge in [-0.15, -0.1) is 0 Å². The molecule has 3 heteroatoms. The fourth-order valence-corrected chi connectivity index (χ4v) is 3.95. The normalized spacial score (nSPS) is 26.9. The van der Waals surface area contributed by atoms with Crippen LogP contribution in [0.25, 0.3) is 11.1 Å². The second kappa shape index (κ2) is 5.94. The number of hydrogen-bond donors (Lipinski definition) is 1. The third-order valence-electron chi connectivity index (χ3n) is 4.71. The molecule has 2 fully saturated rings. The predicted octanol–water partition coefficient (Wildman–Crippen LogP) is 4.67. The van der Waals surface area contributed by atoms with E-state index in [4.69, 9.17) is 16.3 Å². The van der Waals surface area contributed by atoms with Crippen LogP contribution in [0.1, 0.15) is 25.7 Å². The summed E-state index contributed by atoms with van der Waals surface area (Å²) in [7, 11) is 0. The van der Waals surface area contributed by atoms with Crippen molar-refractivity contribution in [2.75, 3.05) is 0 Å². The number of benzene rings is 2. The van der Waals surface area contributed by atoms with Gasteiger partial charge in [0.15, 0.2) is 0 Å². The van der Waals surface area contributed by atoms with E-state index in [0.29, 0.717) is 18.2 Å². The van der Waals surface area contributed by atoms with Gasteiger partial charge >= 0.3 is 0 Å². The summed E-state index contributed by atoms with van der Waals surface area (Å²) in [5.74, 6) is 0.887. The van der Waals surface area contributed by atoms with E-state index in [1.165, 1.54) is 18.4 Å². The minimum atomic E-state index is 0.306. The van der Waals surface area contributed by atoms with Crippen LogP contribution in [-0.2, 0) is 0 Å². The zero-order chi connectivity index (χ0) is 14.9. The van der Waals surface area contributed by atoms with Gasteiger partial charge in [0.1, 0.15) is 11.9 Å². The Labute approximate surface area is 136 Å². The summed E-state index contributed by atoms with van der Waals surface area (Å²) < 4.78 is 6.25. The molecule has 4 rings (SSSR count). The number of piperidine rings is 1. The Balaban J connectivity index is 1.56. The van der Waals surface area contributed by atoms with Crippen molar-refractivity contribution < 1.29 is 4.74 Å². The Morgan fingerprint density at radius 2 is 1.64 bits per heavy atom. The number of ether oxygens (including phenoxy) is 1. The number of halogens is 1. The maximum absolute atomic E-state index is 6.29. The molecule has 0 amide bonds. The Morgan fingerprint density at radius 1 is 0.909 bits per heavy atom. The molecular weight excluding hydrogens is 294 g/mol. The lowest BCUT2D eigenvalue weighted by molar-refractivity contribution is 0.137. The Hall–Kier alpha value is -1.51. The van der Waals surface area contributed by atoms with Crippen molar-refractivity contribution in [3.63, 3.8) is 0 Å². The highest BCUT2D eigenvalue weighted by atomic mass is 35.5. The highest BCUT2D eigenvalue weighted by Crippen LogP contribution is 2.33. The van der Waals surface area contributed by atoms with Crippen molar-refractivity contribution in [1.29, 1.82) is 0 Å². The lowest BCUT2D eigenvalue weighted by Crippen LogP contribution is -2.42. The summed E-state index contributed by atoms with van der Waals surface area (Å²) in [4.78, 5) is 0. The lowest BCUT2D eigenvalue weighted by atomic mass is 10.0. The predicted molar refractivity (Wildman–Crippen MR) is 90.5 cm³/mol. The first kappa shape index (κ1) is 14.1. The molecule has 0 saturated carbocycles. The summed E-state index contributed by atoms with van der Waals surface area (Å²) in [6, 6.07) is 17.6. The molecule has 2 heterocycles. The average molecular weight is 314 g/mol. The maximum atomic E-state index is 6.29. The Bertz CT molecular complexity index is 646. The molecule has 2 bridgehead atoms. The molecule has 1 N–H and O–H groups in total. The molecule has 2 saturated heterocycles. The number of fused-ring (bicyclic) bond motifs is 2. The smallest absolute Gasteiger partial charge is 0.121 e. The number of nitrogens with one attached hydrogen (secondary N) is 1. The summed E-state index contributed by atoms with van der Waals surface area (Å²) in [6.07, 6.45) is 5.08. The van der Waals surface area contributed by atoms with Crippen LogP contribution in [0.15, 0.2) is 48.5 Å². The summed E-state index contributed by atoms with van der Waals surface area (Å²) >= 11 is 6.29. The first-order chi connectivity index (χ1) is 10.8. The van der Waals surface area contributed by atoms with Gasteiger partial charge in [0.05, 0.1) is 0 Å². The van der Waals surface area contributed by atoms with Crippen LogP contribution in [-0.4, -0.2) is 18.2 Å². The third-order valence-corrected chi connectivity index (χ3v) is 4.93. The van der Waals surface area contributed by atoms with Crippen LogP contribution in [0.2, 0.25) is 5.02 Å². The highest BCUT2D eigenvalue weighted by Gasteiger charge is 2.34. The fourth-order valence-electron chi connectivity index (χ4n) is 3.72. The van der Waals surface area contributed by atoms with Gasteiger partial charge in [0.25, 0.3) is 0 Å². The van der Waals surface area contributed by atoms with E-state index in [2.05, 4.69) is 23.5 Å². The Morgan fingerprint density at radius 3 is 2.36 bits per heavy atom. The number of hydrogen-bond acceptors (Lipinski definition) is 2. The van der Waals surface area contributed by atoms with E-state index >= 15 is 0 Å². The quantitative estimate of drug-likeness (QED) is 0.889. The van der Waals surface area contributed by atoms with E-state index in [1.807, 2.05) is 30.3 Å². The molecule has 0 aliphatic carbocycles. The number of rotatable bonds is 3. The van der Waals surface area contributed by atoms with Gasteiger partial charge in [0, 0.05) is 17.1 Å². The van der Waals surface area contributed by atoms with Crippen molar-refractivity contribution in [3.05, 3.63) is 53.6 Å². The topological polar surface area (TPSA) is 21.3 Å². The van der Waals surface area contributed by atoms with E-state index in [-0.39, 0.29) is 0 Å². The Kier molecular flexibility index (Phi) is 3.81. The molecule has 2 aromatic rings. The van der Waals surface area contributed by atoms with Crippen LogP contribution in [0, 0.1) is 0 Å². The van der Waals surface area contributed by atoms with Gasteiger partial charge in [-0.25, -0.2) is 0 Å². The molecular formula is C19H20ClNO. The summed E-state index contributed by atoms with van der Waals surface area (Å²) in [6.45, 7) is 0. The monoisotopic (exact) mass is 313 g/mol. The minimum absolute atomic E-state index is 0.306. The van der Waals surface area contributed by atoms with Gasteiger partial charge in [-0.2, -0.15) is 0 Å². The van der Waals surface area contributed by atoms with E-state index < -0.39 is 0 Å². The van der Waals surface area contributed by atoms with E-state index in [0.717, 1.165) is 29.2 Å². The van der Waals surface area contributed by atoms with Crippen molar-refractivity contribution in [2.24, 2.45) is 0 Å². The van der Waals surface area contributed by atoms with Crippen LogP contribution >= 0.6 is 11.6 Å². The molecule has 0 unspecified atom stereocenters. The van der Waals surface area contributed by atoms with Crippen molar-refractivity contribution in [2.45, 2.75) is 43.9 Å². The summed E-state index contributed by atoms with van der Waals surface area (Å²) in [5.41, 5.74) is 2.28.